The number of hydrogen-bond acceptors (Lipinski definition) is 4. The first-order chi connectivity index (χ1) is 8.31. The Morgan fingerprint density at radius 3 is 2.94 bits per heavy atom. The number of aromatic nitrogens is 1. The molecule has 4 heteroatoms. The third kappa shape index (κ3) is 3.05. The molecule has 0 amide bonds. The van der Waals surface area contributed by atoms with Crippen molar-refractivity contribution in [2.75, 3.05) is 7.05 Å². The summed E-state index contributed by atoms with van der Waals surface area (Å²) in [5.41, 5.74) is 3.00. The fourth-order valence-electron chi connectivity index (χ4n) is 1.59. The van der Waals surface area contributed by atoms with Crippen molar-refractivity contribution in [3.63, 3.8) is 0 Å². The quantitative estimate of drug-likeness (QED) is 0.883. The molecule has 0 fully saturated rings. The van der Waals surface area contributed by atoms with Gasteiger partial charge in [0.25, 0.3) is 0 Å². The molecule has 1 N–H and O–H groups in total. The second-order valence-electron chi connectivity index (χ2n) is 3.80. The molecular weight excluding hydrogens is 232 g/mol. The van der Waals surface area contributed by atoms with Gasteiger partial charge >= 0.3 is 0 Å². The highest BCUT2D eigenvalue weighted by Crippen LogP contribution is 2.25. The molecule has 3 nitrogen and oxygen atoms in total. The van der Waals surface area contributed by atoms with E-state index in [9.17, 15) is 0 Å². The molecule has 2 rings (SSSR count). The van der Waals surface area contributed by atoms with Crippen LogP contribution in [0, 0.1) is 0 Å². The van der Waals surface area contributed by atoms with Gasteiger partial charge in [-0.3, -0.25) is 4.98 Å². The average Bonchev–Trinajstić information content (AvgIpc) is 2.89. The van der Waals surface area contributed by atoms with Crippen molar-refractivity contribution in [1.82, 2.24) is 10.3 Å². The minimum Gasteiger partial charge on any atom is -0.488 e. The summed E-state index contributed by atoms with van der Waals surface area (Å²) in [6.07, 6.45) is 1.84. The third-order valence-electron chi connectivity index (χ3n) is 2.67. The van der Waals surface area contributed by atoms with E-state index in [1.807, 2.05) is 37.0 Å². The van der Waals surface area contributed by atoms with Gasteiger partial charge in [0.2, 0.25) is 0 Å². The molecule has 1 atom stereocenters. The van der Waals surface area contributed by atoms with Crippen LogP contribution in [0.4, 0.5) is 0 Å². The number of rotatable bonds is 5. The molecule has 0 bridgehead atoms. The monoisotopic (exact) mass is 248 g/mol. The van der Waals surface area contributed by atoms with E-state index in [0.717, 1.165) is 10.6 Å². The molecule has 0 aliphatic carbocycles. The van der Waals surface area contributed by atoms with Crippen molar-refractivity contribution in [3.05, 3.63) is 46.4 Å². The number of ether oxygens (including phenoxy) is 1. The zero-order valence-corrected chi connectivity index (χ0v) is 10.8. The number of nitrogens with one attached hydrogen (secondary N) is 1. The molecule has 0 aliphatic heterocycles. The standard InChI is InChI=1S/C13H16N2OS/c1-10(14-2)12-5-3-4-6-13(12)16-8-11-7-15-9-17-11/h3-7,9-10,14H,8H2,1-2H3. The van der Waals surface area contributed by atoms with Gasteiger partial charge in [0.15, 0.2) is 0 Å². The van der Waals surface area contributed by atoms with Crippen LogP contribution in [-0.4, -0.2) is 12.0 Å². The molecule has 1 aromatic heterocycles. The smallest absolute Gasteiger partial charge is 0.124 e. The van der Waals surface area contributed by atoms with E-state index < -0.39 is 0 Å². The highest BCUT2D eigenvalue weighted by Gasteiger charge is 2.09. The van der Waals surface area contributed by atoms with Crippen molar-refractivity contribution < 1.29 is 4.74 Å². The molecular formula is C13H16N2OS. The summed E-state index contributed by atoms with van der Waals surface area (Å²) in [6.45, 7) is 2.70. The van der Waals surface area contributed by atoms with E-state index >= 15 is 0 Å². The molecule has 90 valence electrons. The Labute approximate surface area is 105 Å². The van der Waals surface area contributed by atoms with Crippen molar-refractivity contribution in [3.8, 4) is 5.75 Å². The van der Waals surface area contributed by atoms with Gasteiger partial charge in [0, 0.05) is 17.8 Å². The van der Waals surface area contributed by atoms with Gasteiger partial charge in [-0.15, -0.1) is 11.3 Å². The number of nitrogens with zero attached hydrogens (tertiary/aromatic N) is 1. The highest BCUT2D eigenvalue weighted by atomic mass is 32.1. The van der Waals surface area contributed by atoms with E-state index in [-0.39, 0.29) is 6.04 Å². The summed E-state index contributed by atoms with van der Waals surface area (Å²) in [7, 11) is 1.95. The Kier molecular flexibility index (Phi) is 4.12. The second-order valence-corrected chi connectivity index (χ2v) is 4.78. The fraction of sp³-hybridized carbons (Fsp3) is 0.308. The predicted octanol–water partition coefficient (Wildman–Crippen LogP) is 3.00. The average molecular weight is 248 g/mol. The van der Waals surface area contributed by atoms with Crippen molar-refractivity contribution in [2.45, 2.75) is 19.6 Å². The predicted molar refractivity (Wildman–Crippen MR) is 70.4 cm³/mol. The van der Waals surface area contributed by atoms with E-state index in [2.05, 4.69) is 23.3 Å². The molecule has 2 aromatic rings. The van der Waals surface area contributed by atoms with Crippen LogP contribution in [0.3, 0.4) is 0 Å². The van der Waals surface area contributed by atoms with E-state index in [1.165, 1.54) is 5.56 Å². The number of hydrogen-bond donors (Lipinski definition) is 1. The van der Waals surface area contributed by atoms with Crippen molar-refractivity contribution >= 4 is 11.3 Å². The molecule has 0 saturated carbocycles. The van der Waals surface area contributed by atoms with E-state index in [4.69, 9.17) is 4.74 Å². The van der Waals surface area contributed by atoms with Crippen molar-refractivity contribution in [1.29, 1.82) is 0 Å². The van der Waals surface area contributed by atoms with Crippen LogP contribution >= 0.6 is 11.3 Å². The van der Waals surface area contributed by atoms with Crippen LogP contribution in [0.2, 0.25) is 0 Å². The summed E-state index contributed by atoms with van der Waals surface area (Å²) in [4.78, 5) is 5.17. The topological polar surface area (TPSA) is 34.1 Å². The Bertz CT molecular complexity index is 456. The maximum absolute atomic E-state index is 5.83. The van der Waals surface area contributed by atoms with Crippen LogP contribution < -0.4 is 10.1 Å². The lowest BCUT2D eigenvalue weighted by Crippen LogP contribution is -2.13. The summed E-state index contributed by atoms with van der Waals surface area (Å²) in [5, 5.41) is 3.23. The largest absolute Gasteiger partial charge is 0.488 e. The molecule has 1 unspecified atom stereocenters. The Morgan fingerprint density at radius 1 is 1.41 bits per heavy atom. The van der Waals surface area contributed by atoms with Gasteiger partial charge in [-0.1, -0.05) is 18.2 Å². The molecule has 0 radical (unpaired) electrons. The first-order valence-corrected chi connectivity index (χ1v) is 6.45. The lowest BCUT2D eigenvalue weighted by molar-refractivity contribution is 0.303. The minimum absolute atomic E-state index is 0.285. The van der Waals surface area contributed by atoms with Crippen LogP contribution in [0.15, 0.2) is 36.0 Å². The van der Waals surface area contributed by atoms with Gasteiger partial charge < -0.3 is 10.1 Å². The maximum atomic E-state index is 5.83. The van der Waals surface area contributed by atoms with Crippen LogP contribution in [0.1, 0.15) is 23.4 Å². The van der Waals surface area contributed by atoms with E-state index in [0.29, 0.717) is 6.61 Å². The summed E-state index contributed by atoms with van der Waals surface area (Å²) >= 11 is 1.61. The second kappa shape index (κ2) is 5.80. The Balaban J connectivity index is 2.09. The number of para-hydroxylation sites is 1. The highest BCUT2D eigenvalue weighted by molar-refractivity contribution is 7.09. The maximum Gasteiger partial charge on any atom is 0.124 e. The summed E-state index contributed by atoms with van der Waals surface area (Å²) in [5.74, 6) is 0.933. The lowest BCUT2D eigenvalue weighted by Gasteiger charge is -2.15. The minimum atomic E-state index is 0.285. The van der Waals surface area contributed by atoms with E-state index in [1.54, 1.807) is 11.3 Å². The Morgan fingerprint density at radius 2 is 2.24 bits per heavy atom. The van der Waals surface area contributed by atoms with Crippen LogP contribution in [0.25, 0.3) is 0 Å². The molecule has 17 heavy (non-hydrogen) atoms. The first-order valence-electron chi connectivity index (χ1n) is 5.57. The SMILES string of the molecule is CNC(C)c1ccccc1OCc1cncs1. The molecule has 1 heterocycles. The molecule has 0 aliphatic rings. The molecule has 0 spiro atoms. The normalized spacial score (nSPS) is 12.4. The van der Waals surface area contributed by atoms with Gasteiger partial charge in [-0.05, 0) is 20.0 Å². The van der Waals surface area contributed by atoms with Crippen LogP contribution in [0.5, 0.6) is 5.75 Å². The van der Waals surface area contributed by atoms with Crippen molar-refractivity contribution in [2.24, 2.45) is 0 Å². The fourth-order valence-corrected chi connectivity index (χ4v) is 2.09. The first kappa shape index (κ1) is 12.1. The number of thiazole rings is 1. The molecule has 1 aromatic carbocycles. The van der Waals surface area contributed by atoms with Gasteiger partial charge in [-0.2, -0.15) is 0 Å². The molecule has 0 saturated heterocycles. The van der Waals surface area contributed by atoms with Gasteiger partial charge in [0.1, 0.15) is 12.4 Å². The zero-order valence-electron chi connectivity index (χ0n) is 10.0. The number of benzene rings is 1. The van der Waals surface area contributed by atoms with Gasteiger partial charge in [-0.25, -0.2) is 0 Å². The third-order valence-corrected chi connectivity index (χ3v) is 3.43. The zero-order chi connectivity index (χ0) is 12.1. The Hall–Kier alpha value is -1.39. The van der Waals surface area contributed by atoms with Gasteiger partial charge in [0.05, 0.1) is 10.4 Å². The van der Waals surface area contributed by atoms with Crippen LogP contribution in [-0.2, 0) is 6.61 Å². The summed E-state index contributed by atoms with van der Waals surface area (Å²) in [6, 6.07) is 8.40. The lowest BCUT2D eigenvalue weighted by atomic mass is 10.1. The summed E-state index contributed by atoms with van der Waals surface area (Å²) < 4.78 is 5.83.